The first-order valence-corrected chi connectivity index (χ1v) is 10.4. The number of rotatable bonds is 7. The van der Waals surface area contributed by atoms with Crippen LogP contribution in [0.15, 0.2) is 53.4 Å². The van der Waals surface area contributed by atoms with E-state index in [1.165, 1.54) is 24.4 Å². The minimum absolute atomic E-state index is 0.0260. The fraction of sp³-hybridized carbons (Fsp3) is 0.217. The molecule has 3 heterocycles. The lowest BCUT2D eigenvalue weighted by atomic mass is 9.91. The zero-order valence-electron chi connectivity index (χ0n) is 19.0. The van der Waals surface area contributed by atoms with Gasteiger partial charge in [-0.2, -0.15) is 9.49 Å². The van der Waals surface area contributed by atoms with Crippen LogP contribution in [-0.2, 0) is 12.5 Å². The van der Waals surface area contributed by atoms with Gasteiger partial charge in [-0.3, -0.25) is 15.0 Å². The van der Waals surface area contributed by atoms with E-state index in [-0.39, 0.29) is 24.0 Å². The van der Waals surface area contributed by atoms with Crippen LogP contribution in [0.4, 0.5) is 25.1 Å². The maximum Gasteiger partial charge on any atom is 0.326 e. The molecule has 0 aliphatic carbocycles. The number of aliphatic hydroxyl groups is 1. The molecule has 0 aliphatic rings. The molecule has 182 valence electrons. The predicted octanol–water partition coefficient (Wildman–Crippen LogP) is 4.45. The van der Waals surface area contributed by atoms with Gasteiger partial charge in [-0.15, -0.1) is 0 Å². The number of benzene rings is 1. The maximum absolute atomic E-state index is 14.7. The van der Waals surface area contributed by atoms with Gasteiger partial charge >= 0.3 is 6.03 Å². The van der Waals surface area contributed by atoms with Crippen molar-refractivity contribution in [2.45, 2.75) is 19.3 Å². The Bertz CT molecular complexity index is 1370. The number of amides is 2. The summed E-state index contributed by atoms with van der Waals surface area (Å²) in [5.41, 5.74) is 0.599. The third-order valence-electron chi connectivity index (χ3n) is 5.09. The van der Waals surface area contributed by atoms with Gasteiger partial charge in [0, 0.05) is 42.6 Å². The Morgan fingerprint density at radius 1 is 1.20 bits per heavy atom. The number of carbonyl (C=O) groups excluding carboxylic acids is 1. The zero-order valence-corrected chi connectivity index (χ0v) is 19.0. The molecule has 0 radical (unpaired) electrons. The van der Waals surface area contributed by atoms with Crippen molar-refractivity contribution in [3.63, 3.8) is 0 Å². The van der Waals surface area contributed by atoms with Gasteiger partial charge in [-0.05, 0) is 18.2 Å². The van der Waals surface area contributed by atoms with Crippen molar-refractivity contribution in [1.82, 2.24) is 19.9 Å². The number of nitrogens with one attached hydrogen (secondary N) is 2. The number of carbonyl (C=O) groups is 1. The van der Waals surface area contributed by atoms with Crippen molar-refractivity contribution >= 4 is 17.6 Å². The topological polar surface area (TPSA) is 127 Å². The number of hydrogen-bond donors (Lipinski definition) is 3. The molecule has 12 heteroatoms. The summed E-state index contributed by atoms with van der Waals surface area (Å²) >= 11 is 0. The number of aryl methyl sites for hydroxylation is 1. The number of halogens is 2. The highest BCUT2D eigenvalue weighted by atomic mass is 19.2. The van der Waals surface area contributed by atoms with Crippen LogP contribution < -0.4 is 15.4 Å². The lowest BCUT2D eigenvalue weighted by Gasteiger charge is -2.16. The summed E-state index contributed by atoms with van der Waals surface area (Å²) in [6.07, 6.45) is 4.85. The fourth-order valence-electron chi connectivity index (χ4n) is 3.02. The number of aromatic nitrogens is 4. The van der Waals surface area contributed by atoms with Gasteiger partial charge in [0.1, 0.15) is 5.75 Å². The summed E-state index contributed by atoms with van der Waals surface area (Å²) in [6.45, 7) is 3.29. The van der Waals surface area contributed by atoms with Crippen LogP contribution in [0.2, 0.25) is 0 Å². The Kier molecular flexibility index (Phi) is 6.47. The van der Waals surface area contributed by atoms with E-state index in [1.54, 1.807) is 44.0 Å². The van der Waals surface area contributed by atoms with Crippen molar-refractivity contribution in [2.75, 3.05) is 17.2 Å². The molecule has 0 unspecified atom stereocenters. The maximum atomic E-state index is 14.7. The molecule has 4 aromatic rings. The number of anilines is 2. The number of nitrogens with zero attached hydrogens (tertiary/aromatic N) is 4. The minimum atomic E-state index is -1.31. The Morgan fingerprint density at radius 2 is 2.00 bits per heavy atom. The van der Waals surface area contributed by atoms with Crippen LogP contribution in [0.3, 0.4) is 0 Å². The number of ether oxygens (including phenoxy) is 1. The third-order valence-corrected chi connectivity index (χ3v) is 5.09. The molecule has 0 saturated heterocycles. The van der Waals surface area contributed by atoms with E-state index in [9.17, 15) is 18.7 Å². The highest BCUT2D eigenvalue weighted by molar-refractivity contribution is 5.99. The molecule has 1 aromatic carbocycles. The first-order valence-electron chi connectivity index (χ1n) is 10.4. The highest BCUT2D eigenvalue weighted by Crippen LogP contribution is 2.31. The minimum Gasteiger partial charge on any atom is -0.454 e. The zero-order chi connectivity index (χ0) is 25.2. The molecule has 10 nitrogen and oxygen atoms in total. The second-order valence-corrected chi connectivity index (χ2v) is 8.32. The predicted molar refractivity (Wildman–Crippen MR) is 122 cm³/mol. The van der Waals surface area contributed by atoms with Gasteiger partial charge in [-0.25, -0.2) is 9.18 Å². The molecule has 0 saturated carbocycles. The number of hydrogen-bond acceptors (Lipinski definition) is 7. The van der Waals surface area contributed by atoms with E-state index < -0.39 is 28.8 Å². The molecule has 4 rings (SSSR count). The van der Waals surface area contributed by atoms with Crippen LogP contribution in [0.25, 0.3) is 11.3 Å². The van der Waals surface area contributed by atoms with Crippen molar-refractivity contribution in [3.05, 3.63) is 66.3 Å². The van der Waals surface area contributed by atoms with Crippen LogP contribution in [0.5, 0.6) is 11.5 Å². The van der Waals surface area contributed by atoms with E-state index in [0.717, 1.165) is 11.6 Å². The van der Waals surface area contributed by atoms with Gasteiger partial charge < -0.3 is 19.7 Å². The van der Waals surface area contributed by atoms with Gasteiger partial charge in [0.15, 0.2) is 11.6 Å². The average molecular weight is 484 g/mol. The molecule has 0 atom stereocenters. The summed E-state index contributed by atoms with van der Waals surface area (Å²) < 4.78 is 41.4. The van der Waals surface area contributed by atoms with Crippen LogP contribution >= 0.6 is 0 Å². The Labute approximate surface area is 198 Å². The highest BCUT2D eigenvalue weighted by Gasteiger charge is 2.25. The summed E-state index contributed by atoms with van der Waals surface area (Å²) in [5.74, 6) is -2.75. The van der Waals surface area contributed by atoms with Crippen LogP contribution in [0.1, 0.15) is 19.5 Å². The van der Waals surface area contributed by atoms with Crippen molar-refractivity contribution in [2.24, 2.45) is 7.05 Å². The molecule has 3 N–H and O–H groups in total. The van der Waals surface area contributed by atoms with Crippen LogP contribution in [-0.4, -0.2) is 37.7 Å². The van der Waals surface area contributed by atoms with E-state index in [0.29, 0.717) is 11.4 Å². The van der Waals surface area contributed by atoms with E-state index in [1.807, 2.05) is 0 Å². The monoisotopic (exact) mass is 484 g/mol. The lowest BCUT2D eigenvalue weighted by Crippen LogP contribution is -2.22. The van der Waals surface area contributed by atoms with Crippen molar-refractivity contribution in [1.29, 1.82) is 0 Å². The van der Waals surface area contributed by atoms with Crippen molar-refractivity contribution in [3.8, 4) is 22.8 Å². The van der Waals surface area contributed by atoms with Gasteiger partial charge in [0.05, 0.1) is 29.9 Å². The van der Waals surface area contributed by atoms with Crippen LogP contribution in [0, 0.1) is 11.6 Å². The van der Waals surface area contributed by atoms with E-state index in [2.05, 4.69) is 25.9 Å². The number of pyridine rings is 1. The molecular weight excluding hydrogens is 462 g/mol. The Morgan fingerprint density at radius 3 is 2.71 bits per heavy atom. The third kappa shape index (κ3) is 5.27. The fourth-order valence-corrected chi connectivity index (χ4v) is 3.02. The summed E-state index contributed by atoms with van der Waals surface area (Å²) in [4.78, 5) is 16.5. The second-order valence-electron chi connectivity index (χ2n) is 8.32. The molecule has 0 aliphatic heterocycles. The molecular formula is C23H22F2N6O4. The molecule has 0 spiro atoms. The molecule has 3 aromatic heterocycles. The summed E-state index contributed by atoms with van der Waals surface area (Å²) in [6, 6.07) is 5.97. The quantitative estimate of drug-likeness (QED) is 0.354. The molecule has 0 bridgehead atoms. The second kappa shape index (κ2) is 9.50. The average Bonchev–Trinajstić information content (AvgIpc) is 3.48. The van der Waals surface area contributed by atoms with E-state index >= 15 is 0 Å². The Hall–Kier alpha value is -4.32. The normalized spacial score (nSPS) is 11.4. The molecule has 2 amide bonds. The van der Waals surface area contributed by atoms with Gasteiger partial charge in [-0.1, -0.05) is 19.0 Å². The largest absolute Gasteiger partial charge is 0.454 e. The number of aliphatic hydroxyl groups excluding tert-OH is 1. The summed E-state index contributed by atoms with van der Waals surface area (Å²) in [5, 5.41) is 21.8. The van der Waals surface area contributed by atoms with Gasteiger partial charge in [0.2, 0.25) is 11.7 Å². The Balaban J connectivity index is 1.45. The smallest absolute Gasteiger partial charge is 0.326 e. The molecule has 35 heavy (non-hydrogen) atoms. The summed E-state index contributed by atoms with van der Waals surface area (Å²) in [7, 11) is 1.76. The van der Waals surface area contributed by atoms with E-state index in [4.69, 9.17) is 9.26 Å². The SMILES string of the molecule is Cn1cc(-c2cc(Oc3ccc(NC(=O)Nc4cc(C(C)(C)CO)no4)c(F)c3F)ccn2)cn1. The van der Waals surface area contributed by atoms with Crippen molar-refractivity contribution < 1.29 is 27.9 Å². The molecule has 0 fully saturated rings. The first kappa shape index (κ1) is 23.8. The standard InChI is InChI=1S/C23H22F2N6O4/c1-23(2,12-32)18-9-19(35-30-18)29-22(33)28-15-4-5-17(21(25)20(15)24)34-14-6-7-26-16(8-14)13-10-27-31(3)11-13/h4-11,32H,12H2,1-3H3,(H2,28,29,33). The lowest BCUT2D eigenvalue weighted by molar-refractivity contribution is 0.210. The van der Waals surface area contributed by atoms with Gasteiger partial charge in [0.25, 0.3) is 0 Å². The number of urea groups is 1. The first-order chi connectivity index (χ1) is 16.7.